The summed E-state index contributed by atoms with van der Waals surface area (Å²) in [6, 6.07) is 10.7. The van der Waals surface area contributed by atoms with E-state index in [0.717, 1.165) is 37.6 Å². The van der Waals surface area contributed by atoms with Gasteiger partial charge in [-0.1, -0.05) is 51.1 Å². The van der Waals surface area contributed by atoms with Crippen LogP contribution in [0, 0.1) is 12.3 Å². The molecule has 2 aromatic rings. The van der Waals surface area contributed by atoms with Crippen molar-refractivity contribution in [1.29, 1.82) is 0 Å². The van der Waals surface area contributed by atoms with Gasteiger partial charge >= 0.3 is 0 Å². The summed E-state index contributed by atoms with van der Waals surface area (Å²) in [5.74, 6) is 1.12. The molecular formula is C21H32N4O. The number of carbonyl (C=O) groups is 1. The number of fused-ring (bicyclic) bond motifs is 1. The van der Waals surface area contributed by atoms with E-state index in [0.29, 0.717) is 0 Å². The van der Waals surface area contributed by atoms with E-state index >= 15 is 0 Å². The first-order valence-corrected chi connectivity index (χ1v) is 9.23. The Bertz CT molecular complexity index is 716. The van der Waals surface area contributed by atoms with E-state index in [-0.39, 0.29) is 11.5 Å². The minimum absolute atomic E-state index is 0.168. The van der Waals surface area contributed by atoms with Gasteiger partial charge < -0.3 is 9.88 Å². The van der Waals surface area contributed by atoms with Crippen molar-refractivity contribution in [1.82, 2.24) is 19.8 Å². The second kappa shape index (κ2) is 8.49. The number of hydrogen-bond donors (Lipinski definition) is 1. The van der Waals surface area contributed by atoms with Crippen molar-refractivity contribution in [3.63, 3.8) is 0 Å². The van der Waals surface area contributed by atoms with Gasteiger partial charge in [-0.05, 0) is 26.3 Å². The van der Waals surface area contributed by atoms with E-state index in [1.54, 1.807) is 0 Å². The lowest BCUT2D eigenvalue weighted by molar-refractivity contribution is -0.110. The third kappa shape index (κ3) is 4.94. The predicted octanol–water partition coefficient (Wildman–Crippen LogP) is 3.47. The van der Waals surface area contributed by atoms with Gasteiger partial charge in [0.25, 0.3) is 0 Å². The Kier molecular flexibility index (Phi) is 6.59. The number of rotatable bonds is 3. The van der Waals surface area contributed by atoms with Gasteiger partial charge in [0.15, 0.2) is 0 Å². The molecule has 0 radical (unpaired) electrons. The van der Waals surface area contributed by atoms with Crippen molar-refractivity contribution in [2.75, 3.05) is 13.6 Å². The van der Waals surface area contributed by atoms with Crippen LogP contribution in [0.4, 0.5) is 0 Å². The smallest absolute Gasteiger partial charge is 0.207 e. The van der Waals surface area contributed by atoms with Crippen LogP contribution in [0.1, 0.15) is 39.1 Å². The van der Waals surface area contributed by atoms with Crippen LogP contribution in [-0.4, -0.2) is 40.5 Å². The highest BCUT2D eigenvalue weighted by Crippen LogP contribution is 2.25. The number of aryl methyl sites for hydroxylation is 1. The lowest BCUT2D eigenvalue weighted by Crippen LogP contribution is -2.36. The summed E-state index contributed by atoms with van der Waals surface area (Å²) in [6.45, 7) is 13.5. The zero-order valence-electron chi connectivity index (χ0n) is 16.9. The van der Waals surface area contributed by atoms with Gasteiger partial charge in [-0.25, -0.2) is 4.98 Å². The van der Waals surface area contributed by atoms with Gasteiger partial charge in [0.2, 0.25) is 6.41 Å². The van der Waals surface area contributed by atoms with Crippen LogP contribution < -0.4 is 5.32 Å². The van der Waals surface area contributed by atoms with Crippen molar-refractivity contribution in [3.8, 4) is 11.4 Å². The maximum absolute atomic E-state index is 9.95. The Hall–Kier alpha value is -2.14. The van der Waals surface area contributed by atoms with Crippen LogP contribution in [0.2, 0.25) is 0 Å². The van der Waals surface area contributed by atoms with Crippen molar-refractivity contribution in [2.24, 2.45) is 5.41 Å². The van der Waals surface area contributed by atoms with Gasteiger partial charge in [0.05, 0.1) is 11.4 Å². The van der Waals surface area contributed by atoms with E-state index in [1.807, 2.05) is 13.0 Å². The van der Waals surface area contributed by atoms with Crippen LogP contribution in [0.5, 0.6) is 0 Å². The highest BCUT2D eigenvalue weighted by Gasteiger charge is 2.20. The summed E-state index contributed by atoms with van der Waals surface area (Å²) in [5.41, 5.74) is 3.90. The quantitative estimate of drug-likeness (QED) is 0.857. The van der Waals surface area contributed by atoms with Gasteiger partial charge in [-0.2, -0.15) is 0 Å². The third-order valence-electron chi connectivity index (χ3n) is 5.05. The monoisotopic (exact) mass is 356 g/mol. The van der Waals surface area contributed by atoms with Gasteiger partial charge in [-0.15, -0.1) is 0 Å². The fourth-order valence-electron chi connectivity index (χ4n) is 2.81. The molecule has 5 nitrogen and oxygen atoms in total. The summed E-state index contributed by atoms with van der Waals surface area (Å²) in [6.07, 6.45) is 0.746. The largest absolute Gasteiger partial charge is 0.356 e. The van der Waals surface area contributed by atoms with E-state index < -0.39 is 0 Å². The van der Waals surface area contributed by atoms with Crippen molar-refractivity contribution < 1.29 is 4.79 Å². The molecule has 0 bridgehead atoms. The summed E-state index contributed by atoms with van der Waals surface area (Å²) in [7, 11) is 2.16. The molecule has 1 aromatic carbocycles. The van der Waals surface area contributed by atoms with Gasteiger partial charge in [-0.3, -0.25) is 9.69 Å². The topological polar surface area (TPSA) is 50.2 Å². The Labute approximate surface area is 157 Å². The summed E-state index contributed by atoms with van der Waals surface area (Å²) in [5, 5.41) is 2.70. The number of imidazole rings is 1. The number of hydrogen-bond acceptors (Lipinski definition) is 3. The Morgan fingerprint density at radius 3 is 2.38 bits per heavy atom. The van der Waals surface area contributed by atoms with Crippen molar-refractivity contribution in [2.45, 2.75) is 53.8 Å². The molecule has 1 aliphatic rings. The van der Waals surface area contributed by atoms with E-state index in [1.165, 1.54) is 11.3 Å². The van der Waals surface area contributed by atoms with Gasteiger partial charge in [0, 0.05) is 31.2 Å². The number of aromatic nitrogens is 2. The standard InChI is InChI=1S/C14H17N3.C7H15NO/c1-11-13-10-16(2)8-9-17(13)14(15-11)12-6-4-3-5-7-12;1-6(8-5-9)7(2,3)4/h3-7H,8-10H2,1-2H3;5-6H,1-4H3,(H,8,9). The molecule has 142 valence electrons. The normalized spacial score (nSPS) is 15.5. The second-order valence-corrected chi connectivity index (χ2v) is 8.10. The molecule has 3 rings (SSSR count). The Morgan fingerprint density at radius 1 is 1.19 bits per heavy atom. The highest BCUT2D eigenvalue weighted by molar-refractivity contribution is 5.57. The first-order valence-electron chi connectivity index (χ1n) is 9.23. The average molecular weight is 357 g/mol. The zero-order valence-corrected chi connectivity index (χ0v) is 16.9. The number of likely N-dealkylation sites (N-methyl/N-ethyl adjacent to an activating group) is 1. The molecule has 1 amide bonds. The number of nitrogens with one attached hydrogen (secondary N) is 1. The van der Waals surface area contributed by atoms with E-state index in [9.17, 15) is 4.79 Å². The minimum Gasteiger partial charge on any atom is -0.356 e. The zero-order chi connectivity index (χ0) is 19.3. The number of amides is 1. The molecule has 0 spiro atoms. The Balaban J connectivity index is 0.000000232. The number of benzene rings is 1. The fraction of sp³-hybridized carbons (Fsp3) is 0.524. The number of nitrogens with zero attached hydrogens (tertiary/aromatic N) is 3. The molecule has 2 heterocycles. The number of carbonyl (C=O) groups excluding carboxylic acids is 1. The molecular weight excluding hydrogens is 324 g/mol. The molecule has 1 N–H and O–H groups in total. The molecule has 1 unspecified atom stereocenters. The second-order valence-electron chi connectivity index (χ2n) is 8.10. The molecule has 5 heteroatoms. The van der Waals surface area contributed by atoms with Crippen LogP contribution in [0.15, 0.2) is 30.3 Å². The first kappa shape index (κ1) is 20.2. The van der Waals surface area contributed by atoms with Crippen LogP contribution >= 0.6 is 0 Å². The van der Waals surface area contributed by atoms with E-state index in [2.05, 4.69) is 73.8 Å². The lowest BCUT2D eigenvalue weighted by atomic mass is 9.88. The predicted molar refractivity (Wildman–Crippen MR) is 107 cm³/mol. The maximum Gasteiger partial charge on any atom is 0.207 e. The molecule has 0 saturated heterocycles. The third-order valence-corrected chi connectivity index (χ3v) is 5.05. The minimum atomic E-state index is 0.168. The summed E-state index contributed by atoms with van der Waals surface area (Å²) in [4.78, 5) is 17.0. The molecule has 0 aliphatic carbocycles. The molecule has 26 heavy (non-hydrogen) atoms. The summed E-state index contributed by atoms with van der Waals surface area (Å²) >= 11 is 0. The molecule has 1 aliphatic heterocycles. The molecule has 1 aromatic heterocycles. The molecule has 0 fully saturated rings. The van der Waals surface area contributed by atoms with Crippen LogP contribution in [-0.2, 0) is 17.9 Å². The summed E-state index contributed by atoms with van der Waals surface area (Å²) < 4.78 is 2.37. The van der Waals surface area contributed by atoms with Crippen LogP contribution in [0.25, 0.3) is 11.4 Å². The Morgan fingerprint density at radius 2 is 1.85 bits per heavy atom. The van der Waals surface area contributed by atoms with Crippen molar-refractivity contribution in [3.05, 3.63) is 41.7 Å². The van der Waals surface area contributed by atoms with Crippen LogP contribution in [0.3, 0.4) is 0 Å². The fourth-order valence-corrected chi connectivity index (χ4v) is 2.81. The lowest BCUT2D eigenvalue weighted by Gasteiger charge is -2.26. The maximum atomic E-state index is 9.95. The van der Waals surface area contributed by atoms with E-state index in [4.69, 9.17) is 4.98 Å². The highest BCUT2D eigenvalue weighted by atomic mass is 16.1. The van der Waals surface area contributed by atoms with Crippen molar-refractivity contribution >= 4 is 6.41 Å². The molecule has 1 atom stereocenters. The first-order chi connectivity index (χ1) is 12.2. The SMILES string of the molecule is CC(NC=O)C(C)(C)C.Cc1nc(-c2ccccc2)n2c1CN(C)CC2. The molecule has 0 saturated carbocycles. The average Bonchev–Trinajstić information content (AvgIpc) is 2.92. The van der Waals surface area contributed by atoms with Gasteiger partial charge in [0.1, 0.15) is 5.82 Å².